The van der Waals surface area contributed by atoms with Crippen LogP contribution >= 0.6 is 0 Å². The van der Waals surface area contributed by atoms with Crippen LogP contribution < -0.4 is 5.32 Å². The summed E-state index contributed by atoms with van der Waals surface area (Å²) in [6.45, 7) is 3.59. The van der Waals surface area contributed by atoms with E-state index in [1.807, 2.05) is 35.0 Å². The van der Waals surface area contributed by atoms with Crippen LogP contribution in [-0.4, -0.2) is 45.3 Å². The lowest BCUT2D eigenvalue weighted by atomic mass is 9.97. The molecule has 0 spiro atoms. The van der Waals surface area contributed by atoms with Crippen molar-refractivity contribution in [2.45, 2.75) is 51.4 Å². The van der Waals surface area contributed by atoms with Gasteiger partial charge in [-0.2, -0.15) is 10.2 Å². The van der Waals surface area contributed by atoms with Crippen LogP contribution in [-0.2, 0) is 22.8 Å². The third-order valence-electron chi connectivity index (χ3n) is 5.61. The summed E-state index contributed by atoms with van der Waals surface area (Å²) < 4.78 is 1.89. The number of unbranched alkanes of at least 4 members (excludes halogenated alkanes) is 2. The van der Waals surface area contributed by atoms with Gasteiger partial charge in [0.1, 0.15) is 12.6 Å². The van der Waals surface area contributed by atoms with Crippen molar-refractivity contribution in [2.75, 3.05) is 13.6 Å². The molecule has 2 bridgehead atoms. The maximum atomic E-state index is 13.1. The first-order chi connectivity index (χ1) is 14.2. The molecule has 0 saturated carbocycles. The zero-order valence-corrected chi connectivity index (χ0v) is 16.9. The number of carbonyl (C=O) groups is 2. The highest BCUT2D eigenvalue weighted by atomic mass is 16.7. The van der Waals surface area contributed by atoms with Gasteiger partial charge >= 0.3 is 6.03 Å². The predicted octanol–water partition coefficient (Wildman–Crippen LogP) is 2.78. The summed E-state index contributed by atoms with van der Waals surface area (Å²) in [7, 11) is 1.59. The molecule has 154 valence electrons. The fourth-order valence-electron chi connectivity index (χ4n) is 4.11. The molecule has 1 fully saturated rings. The molecule has 8 heteroatoms. The zero-order valence-electron chi connectivity index (χ0n) is 16.9. The second kappa shape index (κ2) is 8.24. The van der Waals surface area contributed by atoms with Gasteiger partial charge in [-0.1, -0.05) is 50.1 Å². The zero-order chi connectivity index (χ0) is 20.4. The highest BCUT2D eigenvalue weighted by Crippen LogP contribution is 2.44. The lowest BCUT2D eigenvalue weighted by Crippen LogP contribution is -2.43. The second-order valence-corrected chi connectivity index (χ2v) is 7.47. The third kappa shape index (κ3) is 3.48. The number of rotatable bonds is 8. The SMILES string of the molecule is CCCCCn1ncc2c1[C@@H](C(=O)NC)N1C[C@@H]2N(OCc2ccccc2)C1=O. The normalized spacial score (nSPS) is 20.1. The van der Waals surface area contributed by atoms with Crippen molar-refractivity contribution in [1.29, 1.82) is 0 Å². The number of hydroxylamine groups is 2. The Morgan fingerprint density at radius 1 is 1.28 bits per heavy atom. The molecule has 0 aliphatic carbocycles. The lowest BCUT2D eigenvalue weighted by molar-refractivity contribution is -0.141. The van der Waals surface area contributed by atoms with Crippen LogP contribution in [0.25, 0.3) is 0 Å². The van der Waals surface area contributed by atoms with Crippen LogP contribution in [0.5, 0.6) is 0 Å². The fraction of sp³-hybridized carbons (Fsp3) is 0.476. The smallest absolute Gasteiger partial charge is 0.345 e. The molecular formula is C21H27N5O3. The fourth-order valence-corrected chi connectivity index (χ4v) is 4.11. The minimum Gasteiger partial charge on any atom is -0.357 e. The van der Waals surface area contributed by atoms with Gasteiger partial charge in [-0.3, -0.25) is 14.3 Å². The summed E-state index contributed by atoms with van der Waals surface area (Å²) >= 11 is 0. The van der Waals surface area contributed by atoms with Gasteiger partial charge in [-0.15, -0.1) is 0 Å². The Labute approximate surface area is 170 Å². The summed E-state index contributed by atoms with van der Waals surface area (Å²) in [4.78, 5) is 33.3. The number of carbonyl (C=O) groups excluding carboxylic acids is 2. The predicted molar refractivity (Wildman–Crippen MR) is 106 cm³/mol. The number of likely N-dealkylation sites (N-methyl/N-ethyl adjacent to an activating group) is 1. The van der Waals surface area contributed by atoms with E-state index in [0.29, 0.717) is 13.2 Å². The molecule has 29 heavy (non-hydrogen) atoms. The Kier molecular flexibility index (Phi) is 5.53. The van der Waals surface area contributed by atoms with Gasteiger partial charge in [0, 0.05) is 19.2 Å². The summed E-state index contributed by atoms with van der Waals surface area (Å²) in [5.41, 5.74) is 2.68. The number of aryl methyl sites for hydroxylation is 1. The number of hydrogen-bond acceptors (Lipinski definition) is 4. The average Bonchev–Trinajstić information content (AvgIpc) is 3.28. The molecule has 1 N–H and O–H groups in total. The molecular weight excluding hydrogens is 370 g/mol. The maximum Gasteiger partial charge on any atom is 0.345 e. The average molecular weight is 397 g/mol. The number of nitrogens with one attached hydrogen (secondary N) is 1. The van der Waals surface area contributed by atoms with Gasteiger partial charge < -0.3 is 10.2 Å². The topological polar surface area (TPSA) is 79.7 Å². The molecule has 8 nitrogen and oxygen atoms in total. The monoisotopic (exact) mass is 397 g/mol. The van der Waals surface area contributed by atoms with Crippen LogP contribution in [0.4, 0.5) is 4.79 Å². The van der Waals surface area contributed by atoms with Crippen LogP contribution in [0.15, 0.2) is 36.5 Å². The molecule has 1 aromatic carbocycles. The van der Waals surface area contributed by atoms with E-state index in [9.17, 15) is 9.59 Å². The van der Waals surface area contributed by atoms with Gasteiger partial charge in [-0.25, -0.2) is 4.79 Å². The molecule has 2 atom stereocenters. The molecule has 1 aromatic heterocycles. The number of nitrogens with zero attached hydrogens (tertiary/aromatic N) is 4. The van der Waals surface area contributed by atoms with E-state index in [1.165, 1.54) is 5.06 Å². The van der Waals surface area contributed by atoms with E-state index in [1.54, 1.807) is 18.1 Å². The molecule has 1 saturated heterocycles. The number of urea groups is 1. The van der Waals surface area contributed by atoms with E-state index < -0.39 is 6.04 Å². The molecule has 2 aliphatic heterocycles. The van der Waals surface area contributed by atoms with Gasteiger partial charge in [0.05, 0.1) is 18.4 Å². The second-order valence-electron chi connectivity index (χ2n) is 7.47. The van der Waals surface area contributed by atoms with E-state index in [0.717, 1.165) is 42.6 Å². The summed E-state index contributed by atoms with van der Waals surface area (Å²) in [6.07, 6.45) is 4.98. The van der Waals surface area contributed by atoms with Gasteiger partial charge in [0.25, 0.3) is 0 Å². The quantitative estimate of drug-likeness (QED) is 0.695. The van der Waals surface area contributed by atoms with Gasteiger partial charge in [-0.05, 0) is 12.0 Å². The standard InChI is InChI=1S/C21H27N5O3/c1-3-4-8-11-25-18-16(12-23-25)17-13-24(19(18)20(27)22-2)21(28)26(17)29-14-15-9-6-5-7-10-15/h5-7,9-10,12,17,19H,3-4,8,11,13-14H2,1-2H3,(H,22,27)/t17-,19-/m0/s1. The first-order valence-electron chi connectivity index (χ1n) is 10.2. The van der Waals surface area contributed by atoms with E-state index in [2.05, 4.69) is 17.3 Å². The minimum atomic E-state index is -0.687. The van der Waals surface area contributed by atoms with Crippen molar-refractivity contribution in [3.8, 4) is 0 Å². The van der Waals surface area contributed by atoms with E-state index >= 15 is 0 Å². The van der Waals surface area contributed by atoms with Gasteiger partial charge in [0.15, 0.2) is 6.04 Å². The van der Waals surface area contributed by atoms with Gasteiger partial charge in [0.2, 0.25) is 5.91 Å². The first-order valence-corrected chi connectivity index (χ1v) is 10.2. The lowest BCUT2D eigenvalue weighted by Gasteiger charge is -2.30. The van der Waals surface area contributed by atoms with Crippen molar-refractivity contribution in [3.05, 3.63) is 53.3 Å². The molecule has 2 aliphatic rings. The van der Waals surface area contributed by atoms with Crippen molar-refractivity contribution < 1.29 is 14.4 Å². The third-order valence-corrected chi connectivity index (χ3v) is 5.61. The summed E-state index contributed by atoms with van der Waals surface area (Å²) in [5.74, 6) is -0.208. The number of fused-ring (bicyclic) bond motifs is 4. The Morgan fingerprint density at radius 2 is 2.07 bits per heavy atom. The van der Waals surface area contributed by atoms with Crippen LogP contribution in [0.3, 0.4) is 0 Å². The highest BCUT2D eigenvalue weighted by molar-refractivity contribution is 5.90. The van der Waals surface area contributed by atoms with E-state index in [4.69, 9.17) is 4.84 Å². The molecule has 3 heterocycles. The van der Waals surface area contributed by atoms with Crippen LogP contribution in [0.2, 0.25) is 0 Å². The molecule has 4 rings (SSSR count). The summed E-state index contributed by atoms with van der Waals surface area (Å²) in [5, 5.41) is 8.66. The number of amides is 3. The molecule has 3 amide bonds. The van der Waals surface area contributed by atoms with Crippen molar-refractivity contribution in [2.24, 2.45) is 0 Å². The van der Waals surface area contributed by atoms with E-state index in [-0.39, 0.29) is 18.0 Å². The Morgan fingerprint density at radius 3 is 2.79 bits per heavy atom. The Bertz CT molecular complexity index is 882. The van der Waals surface area contributed by atoms with Crippen LogP contribution in [0.1, 0.15) is 55.1 Å². The maximum absolute atomic E-state index is 13.1. The van der Waals surface area contributed by atoms with Crippen molar-refractivity contribution in [3.63, 3.8) is 0 Å². The number of benzene rings is 1. The molecule has 0 radical (unpaired) electrons. The molecule has 0 unspecified atom stereocenters. The Hall–Kier alpha value is -2.87. The van der Waals surface area contributed by atoms with Crippen molar-refractivity contribution in [1.82, 2.24) is 25.1 Å². The number of hydrogen-bond donors (Lipinski definition) is 1. The minimum absolute atomic E-state index is 0.208. The first kappa shape index (κ1) is 19.4. The number of aromatic nitrogens is 2. The molecule has 2 aromatic rings. The Balaban J connectivity index is 1.63. The highest BCUT2D eigenvalue weighted by Gasteiger charge is 2.52. The van der Waals surface area contributed by atoms with Crippen molar-refractivity contribution >= 4 is 11.9 Å². The largest absolute Gasteiger partial charge is 0.357 e. The summed E-state index contributed by atoms with van der Waals surface area (Å²) in [6, 6.07) is 8.50. The van der Waals surface area contributed by atoms with Crippen LogP contribution in [0, 0.1) is 0 Å².